The zero-order valence-corrected chi connectivity index (χ0v) is 7.59. The number of nitrogen functional groups attached to an aromatic ring is 1. The number of benzene rings is 1. The van der Waals surface area contributed by atoms with E-state index in [0.717, 1.165) is 0 Å². The van der Waals surface area contributed by atoms with Crippen LogP contribution in [0.2, 0.25) is 0 Å². The van der Waals surface area contributed by atoms with Gasteiger partial charge in [-0.05, 0) is 17.7 Å². The van der Waals surface area contributed by atoms with Gasteiger partial charge in [-0.15, -0.1) is 0 Å². The summed E-state index contributed by atoms with van der Waals surface area (Å²) in [5.41, 5.74) is 11.2. The zero-order valence-electron chi connectivity index (χ0n) is 7.59. The van der Waals surface area contributed by atoms with Crippen LogP contribution in [0.4, 0.5) is 5.69 Å². The molecule has 0 radical (unpaired) electrons. The maximum Gasteiger partial charge on any atom is 0.138 e. The molecule has 0 aromatic heterocycles. The summed E-state index contributed by atoms with van der Waals surface area (Å²) in [6.07, 6.45) is -2.11. The van der Waals surface area contributed by atoms with E-state index in [4.69, 9.17) is 16.6 Å². The third kappa shape index (κ3) is 2.14. The van der Waals surface area contributed by atoms with Crippen LogP contribution in [0.25, 0.3) is 0 Å². The van der Waals surface area contributed by atoms with E-state index >= 15 is 0 Å². The molecule has 5 heteroatoms. The van der Waals surface area contributed by atoms with Crippen molar-refractivity contribution in [1.29, 1.82) is 0 Å². The average Bonchev–Trinajstić information content (AvgIpc) is 2.20. The van der Waals surface area contributed by atoms with Crippen molar-refractivity contribution in [1.82, 2.24) is 0 Å². The highest BCUT2D eigenvalue weighted by atomic mass is 16.3. The molecule has 0 saturated heterocycles. The van der Waals surface area contributed by atoms with Crippen LogP contribution in [0.3, 0.4) is 0 Å². The van der Waals surface area contributed by atoms with Crippen LogP contribution in [-0.4, -0.2) is 28.0 Å². The van der Waals surface area contributed by atoms with Crippen molar-refractivity contribution in [3.05, 3.63) is 23.8 Å². The molecule has 7 N–H and O–H groups in total. The lowest BCUT2D eigenvalue weighted by atomic mass is 10.0. The van der Waals surface area contributed by atoms with Gasteiger partial charge in [-0.25, -0.2) is 0 Å². The van der Waals surface area contributed by atoms with E-state index in [0.29, 0.717) is 5.56 Å². The molecule has 2 atom stereocenters. The lowest BCUT2D eigenvalue weighted by Crippen LogP contribution is -2.27. The second-order valence-electron chi connectivity index (χ2n) is 3.07. The summed E-state index contributed by atoms with van der Waals surface area (Å²) >= 11 is 0. The van der Waals surface area contributed by atoms with Gasteiger partial charge in [-0.3, -0.25) is 0 Å². The molecule has 0 aliphatic rings. The van der Waals surface area contributed by atoms with Crippen LogP contribution >= 0.6 is 0 Å². The second kappa shape index (κ2) is 4.28. The van der Waals surface area contributed by atoms with E-state index in [1.165, 1.54) is 18.2 Å². The molecule has 0 bridgehead atoms. The van der Waals surface area contributed by atoms with Gasteiger partial charge in [0, 0.05) is 6.54 Å². The molecule has 0 aliphatic heterocycles. The van der Waals surface area contributed by atoms with E-state index in [1.54, 1.807) is 0 Å². The van der Waals surface area contributed by atoms with Crippen LogP contribution in [0, 0.1) is 0 Å². The van der Waals surface area contributed by atoms with Gasteiger partial charge in [0.1, 0.15) is 11.9 Å². The van der Waals surface area contributed by atoms with Crippen LogP contribution in [0.1, 0.15) is 11.7 Å². The first-order valence-corrected chi connectivity index (χ1v) is 4.21. The molecular formula is C9H14N2O3. The first-order valence-electron chi connectivity index (χ1n) is 4.21. The van der Waals surface area contributed by atoms with Crippen molar-refractivity contribution in [2.45, 2.75) is 12.2 Å². The van der Waals surface area contributed by atoms with E-state index in [9.17, 15) is 10.2 Å². The Kier molecular flexibility index (Phi) is 3.29. The molecule has 0 saturated carbocycles. The van der Waals surface area contributed by atoms with Gasteiger partial charge in [0.05, 0.1) is 11.8 Å². The molecule has 78 valence electrons. The molecule has 5 nitrogen and oxygen atoms in total. The number of anilines is 1. The maximum atomic E-state index is 9.54. The Bertz CT molecular complexity index is 317. The molecule has 2 unspecified atom stereocenters. The Hall–Kier alpha value is -1.30. The Labute approximate surface area is 81.6 Å². The van der Waals surface area contributed by atoms with Gasteiger partial charge in [0.15, 0.2) is 0 Å². The third-order valence-electron chi connectivity index (χ3n) is 2.00. The highest BCUT2D eigenvalue weighted by molar-refractivity contribution is 5.53. The Morgan fingerprint density at radius 2 is 1.93 bits per heavy atom. The largest absolute Gasteiger partial charge is 0.506 e. The van der Waals surface area contributed by atoms with Crippen LogP contribution < -0.4 is 11.5 Å². The first kappa shape index (κ1) is 10.8. The molecule has 0 aliphatic carbocycles. The number of phenols is 1. The summed E-state index contributed by atoms with van der Waals surface area (Å²) < 4.78 is 0. The summed E-state index contributed by atoms with van der Waals surface area (Å²) in [4.78, 5) is 0. The Morgan fingerprint density at radius 3 is 2.43 bits per heavy atom. The number of aliphatic hydroxyl groups is 2. The van der Waals surface area contributed by atoms with Gasteiger partial charge in [0.2, 0.25) is 0 Å². The maximum absolute atomic E-state index is 9.54. The number of hydrogen-bond donors (Lipinski definition) is 5. The molecule has 1 rings (SSSR count). The van der Waals surface area contributed by atoms with Crippen molar-refractivity contribution in [3.63, 3.8) is 0 Å². The monoisotopic (exact) mass is 198 g/mol. The van der Waals surface area contributed by atoms with Crippen molar-refractivity contribution in [2.24, 2.45) is 5.73 Å². The summed E-state index contributed by atoms with van der Waals surface area (Å²) in [5, 5.41) is 27.9. The Balaban J connectivity index is 2.91. The number of phenolic OH excluding ortho intramolecular Hbond substituents is 1. The number of aromatic hydroxyl groups is 1. The van der Waals surface area contributed by atoms with Gasteiger partial charge in [0.25, 0.3) is 0 Å². The topological polar surface area (TPSA) is 113 Å². The summed E-state index contributed by atoms with van der Waals surface area (Å²) in [6, 6.07) is 4.24. The van der Waals surface area contributed by atoms with Gasteiger partial charge in [-0.1, -0.05) is 6.07 Å². The average molecular weight is 198 g/mol. The van der Waals surface area contributed by atoms with E-state index < -0.39 is 12.2 Å². The van der Waals surface area contributed by atoms with Gasteiger partial charge in [-0.2, -0.15) is 0 Å². The molecule has 14 heavy (non-hydrogen) atoms. The minimum Gasteiger partial charge on any atom is -0.506 e. The summed E-state index contributed by atoms with van der Waals surface area (Å²) in [5.74, 6) is -0.0526. The highest BCUT2D eigenvalue weighted by Gasteiger charge is 2.17. The van der Waals surface area contributed by atoms with E-state index in [2.05, 4.69) is 0 Å². The van der Waals surface area contributed by atoms with Crippen molar-refractivity contribution in [2.75, 3.05) is 12.3 Å². The lowest BCUT2D eigenvalue weighted by Gasteiger charge is -2.16. The normalized spacial score (nSPS) is 15.1. The zero-order chi connectivity index (χ0) is 10.7. The van der Waals surface area contributed by atoms with E-state index in [1.807, 2.05) is 0 Å². The van der Waals surface area contributed by atoms with Crippen LogP contribution in [0.15, 0.2) is 18.2 Å². The molecule has 0 heterocycles. The molecule has 0 fully saturated rings. The van der Waals surface area contributed by atoms with Crippen molar-refractivity contribution >= 4 is 5.69 Å². The van der Waals surface area contributed by atoms with Crippen molar-refractivity contribution in [3.8, 4) is 5.75 Å². The number of nitrogens with two attached hydrogens (primary N) is 2. The number of aliphatic hydroxyl groups excluding tert-OH is 2. The fourth-order valence-corrected chi connectivity index (χ4v) is 1.11. The van der Waals surface area contributed by atoms with Gasteiger partial charge >= 0.3 is 0 Å². The fourth-order valence-electron chi connectivity index (χ4n) is 1.11. The minimum atomic E-state index is -1.08. The smallest absolute Gasteiger partial charge is 0.138 e. The first-order chi connectivity index (χ1) is 6.56. The van der Waals surface area contributed by atoms with E-state index in [-0.39, 0.29) is 18.0 Å². The second-order valence-corrected chi connectivity index (χ2v) is 3.07. The van der Waals surface area contributed by atoms with Crippen molar-refractivity contribution < 1.29 is 15.3 Å². The molecule has 0 spiro atoms. The summed E-state index contributed by atoms with van der Waals surface area (Å²) in [7, 11) is 0. The fraction of sp³-hybridized carbons (Fsp3) is 0.333. The lowest BCUT2D eigenvalue weighted by molar-refractivity contribution is 0.0243. The SMILES string of the molecule is NCC(O)C(O)c1ccc(O)c(N)c1. The predicted octanol–water partition coefficient (Wildman–Crippen LogP) is -0.673. The molecule has 0 amide bonds. The predicted molar refractivity (Wildman–Crippen MR) is 52.5 cm³/mol. The minimum absolute atomic E-state index is 0.0397. The standard InChI is InChI=1S/C9H14N2O3/c10-4-8(13)9(14)5-1-2-7(12)6(11)3-5/h1-3,8-9,12-14H,4,10-11H2. The Morgan fingerprint density at radius 1 is 1.29 bits per heavy atom. The molecule has 1 aromatic carbocycles. The quantitative estimate of drug-likeness (QED) is 0.326. The van der Waals surface area contributed by atoms with Crippen LogP contribution in [0.5, 0.6) is 5.75 Å². The number of hydrogen-bond acceptors (Lipinski definition) is 5. The van der Waals surface area contributed by atoms with Crippen LogP contribution in [-0.2, 0) is 0 Å². The molecular weight excluding hydrogens is 184 g/mol. The van der Waals surface area contributed by atoms with Gasteiger partial charge < -0.3 is 26.8 Å². The molecule has 1 aromatic rings. The number of rotatable bonds is 3. The highest BCUT2D eigenvalue weighted by Crippen LogP contribution is 2.25. The summed E-state index contributed by atoms with van der Waals surface area (Å²) in [6.45, 7) is -0.0397. The third-order valence-corrected chi connectivity index (χ3v) is 2.00.